The van der Waals surface area contributed by atoms with E-state index in [0.29, 0.717) is 11.3 Å². The summed E-state index contributed by atoms with van der Waals surface area (Å²) in [7, 11) is 0. The summed E-state index contributed by atoms with van der Waals surface area (Å²) in [6, 6.07) is 8.38. The van der Waals surface area contributed by atoms with Gasteiger partial charge in [0.2, 0.25) is 5.82 Å². The Morgan fingerprint density at radius 1 is 1.24 bits per heavy atom. The van der Waals surface area contributed by atoms with Gasteiger partial charge in [-0.1, -0.05) is 12.1 Å². The van der Waals surface area contributed by atoms with Crippen molar-refractivity contribution in [3.63, 3.8) is 0 Å². The van der Waals surface area contributed by atoms with Gasteiger partial charge in [0.05, 0.1) is 12.8 Å². The van der Waals surface area contributed by atoms with Crippen molar-refractivity contribution in [2.75, 3.05) is 0 Å². The molecule has 9 nitrogen and oxygen atoms in total. The van der Waals surface area contributed by atoms with Gasteiger partial charge in [-0.25, -0.2) is 9.18 Å². The van der Waals surface area contributed by atoms with Gasteiger partial charge in [0.1, 0.15) is 18.1 Å². The van der Waals surface area contributed by atoms with E-state index in [2.05, 4.69) is 26.0 Å². The fourth-order valence-corrected chi connectivity index (χ4v) is 1.97. The average Bonchev–Trinajstić information content (AvgIpc) is 3.24. The minimum absolute atomic E-state index is 0.150. The van der Waals surface area contributed by atoms with Gasteiger partial charge in [-0.2, -0.15) is 4.80 Å². The third-order valence-corrected chi connectivity index (χ3v) is 3.08. The van der Waals surface area contributed by atoms with Crippen LogP contribution in [-0.2, 0) is 17.9 Å². The third-order valence-electron chi connectivity index (χ3n) is 3.08. The number of tetrazole rings is 1. The molecule has 10 heteroatoms. The van der Waals surface area contributed by atoms with E-state index >= 15 is 0 Å². The predicted molar refractivity (Wildman–Crippen MR) is 82.3 cm³/mol. The van der Waals surface area contributed by atoms with Crippen LogP contribution in [0.2, 0.25) is 0 Å². The highest BCUT2D eigenvalue weighted by molar-refractivity contribution is 5.94. The molecule has 0 aliphatic heterocycles. The molecule has 3 aromatic rings. The molecule has 0 saturated carbocycles. The van der Waals surface area contributed by atoms with E-state index in [4.69, 9.17) is 4.42 Å². The van der Waals surface area contributed by atoms with Gasteiger partial charge in [0, 0.05) is 5.56 Å². The van der Waals surface area contributed by atoms with Crippen molar-refractivity contribution >= 4 is 11.9 Å². The maximum Gasteiger partial charge on any atom is 0.321 e. The number of benzene rings is 1. The summed E-state index contributed by atoms with van der Waals surface area (Å²) in [6.07, 6.45) is 1.48. The zero-order chi connectivity index (χ0) is 17.6. The minimum Gasteiger partial charge on any atom is -0.467 e. The summed E-state index contributed by atoms with van der Waals surface area (Å²) < 4.78 is 18.2. The Bertz CT molecular complexity index is 877. The molecule has 2 N–H and O–H groups in total. The first-order valence-electron chi connectivity index (χ1n) is 7.24. The zero-order valence-electron chi connectivity index (χ0n) is 12.8. The first kappa shape index (κ1) is 16.3. The van der Waals surface area contributed by atoms with Crippen molar-refractivity contribution in [1.82, 2.24) is 30.8 Å². The van der Waals surface area contributed by atoms with Crippen LogP contribution in [0.25, 0.3) is 11.4 Å². The van der Waals surface area contributed by atoms with Crippen molar-refractivity contribution < 1.29 is 18.4 Å². The van der Waals surface area contributed by atoms with Crippen molar-refractivity contribution in [1.29, 1.82) is 0 Å². The maximum atomic E-state index is 13.2. The van der Waals surface area contributed by atoms with Crippen LogP contribution in [-0.4, -0.2) is 32.1 Å². The van der Waals surface area contributed by atoms with Crippen LogP contribution < -0.4 is 10.6 Å². The van der Waals surface area contributed by atoms with E-state index in [1.54, 1.807) is 18.2 Å². The number of halogens is 1. The molecule has 0 saturated heterocycles. The second kappa shape index (κ2) is 7.34. The molecule has 2 aromatic heterocycles. The lowest BCUT2D eigenvalue weighted by Gasteiger charge is -2.04. The number of furan rings is 1. The van der Waals surface area contributed by atoms with Gasteiger partial charge in [-0.05, 0) is 29.5 Å². The Labute approximate surface area is 140 Å². The molecular formula is C15H13FN6O3. The number of carbonyl (C=O) groups is 2. The van der Waals surface area contributed by atoms with E-state index in [9.17, 15) is 14.0 Å². The lowest BCUT2D eigenvalue weighted by atomic mass is 10.2. The van der Waals surface area contributed by atoms with Gasteiger partial charge in [0.25, 0.3) is 5.91 Å². The Kier molecular flexibility index (Phi) is 4.79. The second-order valence-electron chi connectivity index (χ2n) is 4.96. The molecular weight excluding hydrogens is 331 g/mol. The van der Waals surface area contributed by atoms with Crippen LogP contribution in [0.5, 0.6) is 0 Å². The Morgan fingerprint density at radius 2 is 2.12 bits per heavy atom. The molecule has 0 bridgehead atoms. The summed E-state index contributed by atoms with van der Waals surface area (Å²) in [4.78, 5) is 24.4. The van der Waals surface area contributed by atoms with Crippen LogP contribution in [0, 0.1) is 5.82 Å². The number of rotatable bonds is 5. The highest BCUT2D eigenvalue weighted by Gasteiger charge is 2.12. The fourth-order valence-electron chi connectivity index (χ4n) is 1.97. The van der Waals surface area contributed by atoms with Crippen LogP contribution in [0.1, 0.15) is 5.76 Å². The van der Waals surface area contributed by atoms with Gasteiger partial charge < -0.3 is 9.73 Å². The molecule has 0 spiro atoms. The van der Waals surface area contributed by atoms with Gasteiger partial charge in [0.15, 0.2) is 0 Å². The number of aromatic nitrogens is 4. The van der Waals surface area contributed by atoms with E-state index < -0.39 is 17.8 Å². The van der Waals surface area contributed by atoms with Crippen LogP contribution in [0.15, 0.2) is 47.1 Å². The summed E-state index contributed by atoms with van der Waals surface area (Å²) in [5.41, 5.74) is 0.433. The second-order valence-corrected chi connectivity index (χ2v) is 4.96. The number of nitrogens with zero attached hydrogens (tertiary/aromatic N) is 4. The monoisotopic (exact) mass is 344 g/mol. The van der Waals surface area contributed by atoms with E-state index in [1.807, 2.05) is 0 Å². The summed E-state index contributed by atoms with van der Waals surface area (Å²) in [6.45, 7) is -0.159. The number of imide groups is 1. The molecule has 3 amide bonds. The molecule has 2 heterocycles. The molecule has 25 heavy (non-hydrogen) atoms. The van der Waals surface area contributed by atoms with Crippen LogP contribution in [0.3, 0.4) is 0 Å². The summed E-state index contributed by atoms with van der Waals surface area (Å²) in [5, 5.41) is 16.0. The van der Waals surface area contributed by atoms with Gasteiger partial charge >= 0.3 is 6.03 Å². The SMILES string of the molecule is O=C(Cn1nnc(-c2cccc(F)c2)n1)NC(=O)NCc1ccco1. The zero-order valence-corrected chi connectivity index (χ0v) is 12.8. The number of amides is 3. The molecule has 0 aliphatic carbocycles. The summed E-state index contributed by atoms with van der Waals surface area (Å²) in [5.74, 6) is -0.324. The lowest BCUT2D eigenvalue weighted by Crippen LogP contribution is -2.40. The molecule has 0 fully saturated rings. The Hall–Kier alpha value is -3.56. The Balaban J connectivity index is 1.52. The number of carbonyl (C=O) groups excluding carboxylic acids is 2. The lowest BCUT2D eigenvalue weighted by molar-refractivity contribution is -0.121. The highest BCUT2D eigenvalue weighted by Crippen LogP contribution is 2.14. The first-order chi connectivity index (χ1) is 12.1. The average molecular weight is 344 g/mol. The first-order valence-corrected chi connectivity index (χ1v) is 7.24. The molecule has 3 rings (SSSR count). The van der Waals surface area contributed by atoms with Gasteiger partial charge in [-0.3, -0.25) is 10.1 Å². The van der Waals surface area contributed by atoms with Crippen molar-refractivity contribution in [3.05, 3.63) is 54.2 Å². The van der Waals surface area contributed by atoms with E-state index in [0.717, 1.165) is 4.80 Å². The molecule has 128 valence electrons. The quantitative estimate of drug-likeness (QED) is 0.716. The summed E-state index contributed by atoms with van der Waals surface area (Å²) >= 11 is 0. The predicted octanol–water partition coefficient (Wildman–Crippen LogP) is 1.10. The topological polar surface area (TPSA) is 115 Å². The normalized spacial score (nSPS) is 10.4. The molecule has 1 aromatic carbocycles. The fraction of sp³-hybridized carbons (Fsp3) is 0.133. The van der Waals surface area contributed by atoms with Gasteiger partial charge in [-0.15, -0.1) is 10.2 Å². The van der Waals surface area contributed by atoms with Crippen molar-refractivity contribution in [2.45, 2.75) is 13.1 Å². The third kappa shape index (κ3) is 4.47. The highest BCUT2D eigenvalue weighted by atomic mass is 19.1. The van der Waals surface area contributed by atoms with Crippen LogP contribution in [0.4, 0.5) is 9.18 Å². The Morgan fingerprint density at radius 3 is 2.88 bits per heavy atom. The number of urea groups is 1. The number of hydrogen-bond acceptors (Lipinski definition) is 6. The van der Waals surface area contributed by atoms with E-state index in [-0.39, 0.29) is 18.9 Å². The largest absolute Gasteiger partial charge is 0.467 e. The van der Waals surface area contributed by atoms with Crippen molar-refractivity contribution in [3.8, 4) is 11.4 Å². The molecule has 0 unspecified atom stereocenters. The minimum atomic E-state index is -0.674. The smallest absolute Gasteiger partial charge is 0.321 e. The standard InChI is InChI=1S/C15H13FN6O3/c16-11-4-1-3-10(7-11)14-19-21-22(20-14)9-13(23)18-15(24)17-8-12-5-2-6-25-12/h1-7H,8-9H2,(H2,17,18,23,24). The van der Waals surface area contributed by atoms with E-state index in [1.165, 1.54) is 24.5 Å². The number of hydrogen-bond donors (Lipinski definition) is 2. The molecule has 0 aliphatic rings. The van der Waals surface area contributed by atoms with Crippen LogP contribution >= 0.6 is 0 Å². The van der Waals surface area contributed by atoms with Crippen molar-refractivity contribution in [2.24, 2.45) is 0 Å². The number of nitrogens with one attached hydrogen (secondary N) is 2. The molecule has 0 radical (unpaired) electrons. The maximum absolute atomic E-state index is 13.2. The molecule has 0 atom stereocenters.